The summed E-state index contributed by atoms with van der Waals surface area (Å²) >= 11 is 6.21. The molecule has 4 nitrogen and oxygen atoms in total. The lowest BCUT2D eigenvalue weighted by Crippen LogP contribution is -2.16. The molecule has 0 saturated carbocycles. The number of aryl methyl sites for hydroxylation is 1. The fourth-order valence-corrected chi connectivity index (χ4v) is 2.72. The molecule has 1 aromatic carbocycles. The van der Waals surface area contributed by atoms with Crippen molar-refractivity contribution in [2.24, 2.45) is 5.73 Å². The number of aromatic nitrogens is 1. The Hall–Kier alpha value is -1.66. The van der Waals surface area contributed by atoms with Gasteiger partial charge >= 0.3 is 4.87 Å². The van der Waals surface area contributed by atoms with Gasteiger partial charge in [-0.25, -0.2) is 0 Å². The zero-order valence-corrected chi connectivity index (χ0v) is 12.3. The predicted molar refractivity (Wildman–Crippen MR) is 81.3 cm³/mol. The maximum atomic E-state index is 11.7. The van der Waals surface area contributed by atoms with E-state index in [1.807, 2.05) is 30.5 Å². The summed E-state index contributed by atoms with van der Waals surface area (Å²) in [5, 5.41) is 1.85. The van der Waals surface area contributed by atoms with Crippen molar-refractivity contribution < 1.29 is 4.74 Å². The molecule has 100 valence electrons. The quantitative estimate of drug-likeness (QED) is 0.875. The van der Waals surface area contributed by atoms with Crippen LogP contribution in [0.1, 0.15) is 16.8 Å². The van der Waals surface area contributed by atoms with Crippen LogP contribution in [0.25, 0.3) is 0 Å². The number of hydrogen-bond donors (Lipinski definition) is 1. The highest BCUT2D eigenvalue weighted by atomic mass is 32.1. The van der Waals surface area contributed by atoms with Gasteiger partial charge in [0.1, 0.15) is 10.7 Å². The minimum Gasteiger partial charge on any atom is -0.496 e. The lowest BCUT2D eigenvalue weighted by Gasteiger charge is -2.10. The first kappa shape index (κ1) is 13.8. The maximum Gasteiger partial charge on any atom is 0.307 e. The Balaban J connectivity index is 2.39. The Morgan fingerprint density at radius 2 is 2.26 bits per heavy atom. The van der Waals surface area contributed by atoms with E-state index in [2.05, 4.69) is 0 Å². The first-order valence-electron chi connectivity index (χ1n) is 5.64. The van der Waals surface area contributed by atoms with Crippen LogP contribution >= 0.6 is 23.6 Å². The lowest BCUT2D eigenvalue weighted by molar-refractivity contribution is 0.414. The summed E-state index contributed by atoms with van der Waals surface area (Å²) in [6, 6.07) is 5.59. The molecule has 2 aromatic rings. The second-order valence-corrected chi connectivity index (χ2v) is 5.39. The third-order valence-corrected chi connectivity index (χ3v) is 3.95. The molecule has 0 atom stereocenters. The Kier molecular flexibility index (Phi) is 4.01. The minimum atomic E-state index is 0.0326. The van der Waals surface area contributed by atoms with Gasteiger partial charge in [-0.3, -0.25) is 9.36 Å². The molecule has 0 aliphatic heterocycles. The Labute approximate surface area is 120 Å². The summed E-state index contributed by atoms with van der Waals surface area (Å²) in [7, 11) is 1.57. The van der Waals surface area contributed by atoms with E-state index < -0.39 is 0 Å². The number of nitrogens with two attached hydrogens (primary N) is 1. The highest BCUT2D eigenvalue weighted by Gasteiger charge is 2.09. The normalized spacial score (nSPS) is 10.4. The van der Waals surface area contributed by atoms with E-state index in [1.54, 1.807) is 11.7 Å². The molecule has 0 aliphatic rings. The second kappa shape index (κ2) is 5.54. The largest absolute Gasteiger partial charge is 0.496 e. The van der Waals surface area contributed by atoms with E-state index >= 15 is 0 Å². The molecule has 0 amide bonds. The van der Waals surface area contributed by atoms with Crippen LogP contribution < -0.4 is 15.3 Å². The first-order chi connectivity index (χ1) is 9.02. The zero-order chi connectivity index (χ0) is 14.0. The smallest absolute Gasteiger partial charge is 0.307 e. The molecule has 0 fully saturated rings. The molecule has 0 spiro atoms. The molecular formula is C13H14N2O2S2. The van der Waals surface area contributed by atoms with Gasteiger partial charge in [-0.15, -0.1) is 0 Å². The minimum absolute atomic E-state index is 0.0326. The van der Waals surface area contributed by atoms with Crippen molar-refractivity contribution in [3.05, 3.63) is 50.1 Å². The number of nitrogens with zero attached hydrogens (tertiary/aromatic N) is 1. The molecule has 2 N–H and O–H groups in total. The number of methoxy groups -OCH3 is 1. The van der Waals surface area contributed by atoms with Crippen molar-refractivity contribution in [2.75, 3.05) is 7.11 Å². The summed E-state index contributed by atoms with van der Waals surface area (Å²) in [6.07, 6.45) is 0. The van der Waals surface area contributed by atoms with Gasteiger partial charge in [-0.1, -0.05) is 29.6 Å². The molecule has 1 aromatic heterocycles. The standard InChI is InChI=1S/C13H14N2O2S2/c1-8-7-19-13(16)15(8)6-9-3-4-11(17-2)10(5-9)12(14)18/h3-5,7H,6H2,1-2H3,(H2,14,18). The molecule has 0 saturated heterocycles. The van der Waals surface area contributed by atoms with Gasteiger partial charge in [0.05, 0.1) is 19.2 Å². The number of rotatable bonds is 4. The van der Waals surface area contributed by atoms with Crippen molar-refractivity contribution in [3.63, 3.8) is 0 Å². The highest BCUT2D eigenvalue weighted by molar-refractivity contribution is 7.80. The molecule has 0 radical (unpaired) electrons. The van der Waals surface area contributed by atoms with Gasteiger partial charge in [0.15, 0.2) is 0 Å². The average Bonchev–Trinajstić information content (AvgIpc) is 2.70. The molecule has 1 heterocycles. The third kappa shape index (κ3) is 2.85. The van der Waals surface area contributed by atoms with E-state index in [4.69, 9.17) is 22.7 Å². The van der Waals surface area contributed by atoms with Gasteiger partial charge in [-0.2, -0.15) is 0 Å². The van der Waals surface area contributed by atoms with Gasteiger partial charge in [-0.05, 0) is 24.6 Å². The van der Waals surface area contributed by atoms with E-state index in [0.717, 1.165) is 11.3 Å². The number of thiocarbonyl (C=S) groups is 1. The summed E-state index contributed by atoms with van der Waals surface area (Å²) < 4.78 is 6.93. The molecule has 2 rings (SSSR count). The second-order valence-electron chi connectivity index (χ2n) is 4.13. The van der Waals surface area contributed by atoms with E-state index in [0.29, 0.717) is 17.9 Å². The van der Waals surface area contributed by atoms with E-state index in [-0.39, 0.29) is 9.86 Å². The third-order valence-electron chi connectivity index (χ3n) is 2.85. The van der Waals surface area contributed by atoms with Crippen LogP contribution in [0.15, 0.2) is 28.4 Å². The predicted octanol–water partition coefficient (Wildman–Crippen LogP) is 1.91. The zero-order valence-electron chi connectivity index (χ0n) is 10.7. The van der Waals surface area contributed by atoms with Crippen molar-refractivity contribution in [3.8, 4) is 5.75 Å². The number of hydrogen-bond acceptors (Lipinski definition) is 4. The SMILES string of the molecule is COc1ccc(Cn2c(C)csc2=O)cc1C(N)=S. The van der Waals surface area contributed by atoms with Crippen LogP contribution in [0.3, 0.4) is 0 Å². The van der Waals surface area contributed by atoms with Crippen molar-refractivity contribution in [2.45, 2.75) is 13.5 Å². The monoisotopic (exact) mass is 294 g/mol. The molecule has 19 heavy (non-hydrogen) atoms. The van der Waals surface area contributed by atoms with Gasteiger partial charge in [0.2, 0.25) is 0 Å². The molecule has 0 bridgehead atoms. The van der Waals surface area contributed by atoms with Crippen molar-refractivity contribution in [1.29, 1.82) is 0 Å². The Morgan fingerprint density at radius 1 is 1.53 bits per heavy atom. The van der Waals surface area contributed by atoms with E-state index in [9.17, 15) is 4.79 Å². The lowest BCUT2D eigenvalue weighted by atomic mass is 10.1. The van der Waals surface area contributed by atoms with Crippen LogP contribution in [0.4, 0.5) is 0 Å². The fraction of sp³-hybridized carbons (Fsp3) is 0.231. The van der Waals surface area contributed by atoms with Crippen LogP contribution in [-0.2, 0) is 6.54 Å². The molecule has 0 unspecified atom stereocenters. The van der Waals surface area contributed by atoms with Crippen LogP contribution in [0, 0.1) is 6.92 Å². The first-order valence-corrected chi connectivity index (χ1v) is 6.93. The number of ether oxygens (including phenoxy) is 1. The number of thiazole rings is 1. The Bertz CT molecular complexity index is 674. The van der Waals surface area contributed by atoms with E-state index in [1.165, 1.54) is 11.3 Å². The molecule has 0 aliphatic carbocycles. The van der Waals surface area contributed by atoms with Crippen LogP contribution in [0.2, 0.25) is 0 Å². The summed E-state index contributed by atoms with van der Waals surface area (Å²) in [5.74, 6) is 0.644. The van der Waals surface area contributed by atoms with Gasteiger partial charge in [0, 0.05) is 11.1 Å². The van der Waals surface area contributed by atoms with Crippen molar-refractivity contribution >= 4 is 28.5 Å². The summed E-state index contributed by atoms with van der Waals surface area (Å²) in [6.45, 7) is 2.42. The summed E-state index contributed by atoms with van der Waals surface area (Å²) in [4.78, 5) is 12.0. The van der Waals surface area contributed by atoms with Crippen LogP contribution in [0.5, 0.6) is 5.75 Å². The fourth-order valence-electron chi connectivity index (χ4n) is 1.82. The van der Waals surface area contributed by atoms with Gasteiger partial charge in [0.25, 0.3) is 0 Å². The summed E-state index contributed by atoms with van der Waals surface area (Å²) in [5.41, 5.74) is 8.28. The molecule has 6 heteroatoms. The average molecular weight is 294 g/mol. The number of benzene rings is 1. The topological polar surface area (TPSA) is 57.2 Å². The molecular weight excluding hydrogens is 280 g/mol. The highest BCUT2D eigenvalue weighted by Crippen LogP contribution is 2.20. The Morgan fingerprint density at radius 3 is 2.79 bits per heavy atom. The van der Waals surface area contributed by atoms with Crippen molar-refractivity contribution in [1.82, 2.24) is 4.57 Å². The van der Waals surface area contributed by atoms with Crippen LogP contribution in [-0.4, -0.2) is 16.7 Å². The maximum absolute atomic E-state index is 11.7. The van der Waals surface area contributed by atoms with Gasteiger partial charge < -0.3 is 10.5 Å².